The van der Waals surface area contributed by atoms with E-state index in [4.69, 9.17) is 16.2 Å². The molecule has 0 aliphatic heterocycles. The maximum Gasteiger partial charge on any atom is 0.270 e. The Morgan fingerprint density at radius 3 is 2.79 bits per heavy atom. The third-order valence-electron chi connectivity index (χ3n) is 4.92. The van der Waals surface area contributed by atoms with Gasteiger partial charge in [-0.2, -0.15) is 0 Å². The molecule has 10 heteroatoms. The van der Waals surface area contributed by atoms with Crippen molar-refractivity contribution in [1.29, 1.82) is 0 Å². The Morgan fingerprint density at radius 2 is 2.24 bits per heavy atom. The number of thiazole rings is 1. The number of aryl methyl sites for hydroxylation is 1. The van der Waals surface area contributed by atoms with Crippen LogP contribution in [-0.4, -0.2) is 47.3 Å². The van der Waals surface area contributed by atoms with Crippen LogP contribution in [0.1, 0.15) is 21.9 Å². The number of aromatic nitrogens is 1. The molecule has 0 radical (unpaired) electrons. The summed E-state index contributed by atoms with van der Waals surface area (Å²) in [6.07, 6.45) is 2.04. The van der Waals surface area contributed by atoms with Crippen LogP contribution in [-0.2, 0) is 16.2 Å². The molecule has 1 heterocycles. The monoisotopic (exact) mass is 417 g/mol. The van der Waals surface area contributed by atoms with Crippen LogP contribution < -0.4 is 21.5 Å². The van der Waals surface area contributed by atoms with Crippen LogP contribution in [0.4, 0.5) is 5.69 Å². The van der Waals surface area contributed by atoms with Gasteiger partial charge < -0.3 is 26.6 Å². The largest absolute Gasteiger partial charge is 0.488 e. The average Bonchev–Trinajstić information content (AvgIpc) is 3.25. The van der Waals surface area contributed by atoms with Crippen molar-refractivity contribution in [2.24, 2.45) is 16.1 Å². The first-order chi connectivity index (χ1) is 13.8. The number of carbonyl (C=O) groups is 2. The Bertz CT molecular complexity index is 973. The Kier molecular flexibility index (Phi) is 5.85. The number of rotatable bonds is 8. The van der Waals surface area contributed by atoms with Gasteiger partial charge in [0, 0.05) is 30.5 Å². The fraction of sp³-hybridized carbons (Fsp3) is 0.368. The van der Waals surface area contributed by atoms with Crippen LogP contribution in [0.3, 0.4) is 0 Å². The minimum atomic E-state index is -1.11. The molecule has 29 heavy (non-hydrogen) atoms. The molecule has 1 aliphatic rings. The van der Waals surface area contributed by atoms with E-state index in [1.54, 1.807) is 35.7 Å². The second-order valence-electron chi connectivity index (χ2n) is 6.86. The Labute approximate surface area is 171 Å². The van der Waals surface area contributed by atoms with E-state index in [1.165, 1.54) is 7.05 Å². The lowest BCUT2D eigenvalue weighted by atomic mass is 10.1. The SMILES string of the molecule is CN=C(C(=O)NC1CC1(CO)C(N)=O)c1cc(OCc2cnc(C)s2)ccc1N. The van der Waals surface area contributed by atoms with Crippen LogP contribution in [0.2, 0.25) is 0 Å². The Balaban J connectivity index is 1.73. The zero-order valence-electron chi connectivity index (χ0n) is 16.1. The lowest BCUT2D eigenvalue weighted by Crippen LogP contribution is -2.41. The number of ether oxygens (including phenoxy) is 1. The van der Waals surface area contributed by atoms with Crippen molar-refractivity contribution in [2.75, 3.05) is 19.4 Å². The summed E-state index contributed by atoms with van der Waals surface area (Å²) in [5, 5.41) is 13.1. The number of primary amides is 1. The summed E-state index contributed by atoms with van der Waals surface area (Å²) in [7, 11) is 1.47. The summed E-state index contributed by atoms with van der Waals surface area (Å²) < 4.78 is 5.78. The summed E-state index contributed by atoms with van der Waals surface area (Å²) in [5.74, 6) is -0.619. The second kappa shape index (κ2) is 8.18. The number of nitrogens with one attached hydrogen (secondary N) is 1. The van der Waals surface area contributed by atoms with Gasteiger partial charge in [0.25, 0.3) is 5.91 Å². The van der Waals surface area contributed by atoms with Crippen molar-refractivity contribution in [1.82, 2.24) is 10.3 Å². The van der Waals surface area contributed by atoms with Gasteiger partial charge >= 0.3 is 0 Å². The molecule has 0 bridgehead atoms. The molecular weight excluding hydrogens is 394 g/mol. The number of amides is 2. The van der Waals surface area contributed by atoms with E-state index in [2.05, 4.69) is 15.3 Å². The lowest BCUT2D eigenvalue weighted by molar-refractivity contribution is -0.124. The first-order valence-corrected chi connectivity index (χ1v) is 9.74. The minimum absolute atomic E-state index is 0.102. The number of benzene rings is 1. The number of aliphatic imine (C=N–C) groups is 1. The number of hydrogen-bond donors (Lipinski definition) is 4. The number of hydrogen-bond acceptors (Lipinski definition) is 8. The molecule has 1 aromatic carbocycles. The van der Waals surface area contributed by atoms with Gasteiger partial charge in [0.05, 0.1) is 21.9 Å². The minimum Gasteiger partial charge on any atom is -0.488 e. The zero-order valence-corrected chi connectivity index (χ0v) is 17.0. The second-order valence-corrected chi connectivity index (χ2v) is 8.18. The smallest absolute Gasteiger partial charge is 0.270 e. The fourth-order valence-corrected chi connectivity index (χ4v) is 3.76. The summed E-state index contributed by atoms with van der Waals surface area (Å²) >= 11 is 1.54. The first kappa shape index (κ1) is 20.7. The number of nitrogens with two attached hydrogens (primary N) is 2. The topological polar surface area (TPSA) is 153 Å². The number of anilines is 1. The molecule has 2 aromatic rings. The molecule has 2 unspecified atom stereocenters. The van der Waals surface area contributed by atoms with Crippen LogP contribution in [0.15, 0.2) is 29.4 Å². The number of carbonyl (C=O) groups excluding carboxylic acids is 2. The normalized spacial score (nSPS) is 20.9. The Hall–Kier alpha value is -2.98. The van der Waals surface area contributed by atoms with Crippen molar-refractivity contribution in [2.45, 2.75) is 26.0 Å². The van der Waals surface area contributed by atoms with E-state index >= 15 is 0 Å². The lowest BCUT2D eigenvalue weighted by Gasteiger charge is -2.14. The third kappa shape index (κ3) is 4.22. The molecule has 1 aliphatic carbocycles. The molecule has 2 amide bonds. The maximum atomic E-state index is 12.7. The molecule has 6 N–H and O–H groups in total. The van der Waals surface area contributed by atoms with E-state index in [0.29, 0.717) is 23.6 Å². The van der Waals surface area contributed by atoms with Gasteiger partial charge in [0.1, 0.15) is 18.1 Å². The van der Waals surface area contributed by atoms with Crippen molar-refractivity contribution in [3.05, 3.63) is 39.8 Å². The highest BCUT2D eigenvalue weighted by Crippen LogP contribution is 2.45. The molecule has 154 valence electrons. The highest BCUT2D eigenvalue weighted by molar-refractivity contribution is 7.11. The summed E-state index contributed by atoms with van der Waals surface area (Å²) in [6.45, 7) is 1.84. The van der Waals surface area contributed by atoms with E-state index in [9.17, 15) is 14.7 Å². The predicted octanol–water partition coefficient (Wildman–Crippen LogP) is 0.384. The zero-order chi connectivity index (χ0) is 21.2. The van der Waals surface area contributed by atoms with Gasteiger partial charge in [-0.3, -0.25) is 14.6 Å². The van der Waals surface area contributed by atoms with E-state index < -0.39 is 29.9 Å². The van der Waals surface area contributed by atoms with Crippen molar-refractivity contribution < 1.29 is 19.4 Å². The summed E-state index contributed by atoms with van der Waals surface area (Å²) in [4.78, 5) is 33.5. The molecule has 0 spiro atoms. The molecule has 3 rings (SSSR count). The van der Waals surface area contributed by atoms with Gasteiger partial charge in [0.2, 0.25) is 5.91 Å². The van der Waals surface area contributed by atoms with Gasteiger partial charge in [-0.15, -0.1) is 11.3 Å². The number of nitrogens with zero attached hydrogens (tertiary/aromatic N) is 2. The molecular formula is C19H23N5O4S. The molecule has 9 nitrogen and oxygen atoms in total. The number of nitrogen functional groups attached to an aromatic ring is 1. The van der Waals surface area contributed by atoms with Gasteiger partial charge in [-0.05, 0) is 31.5 Å². The third-order valence-corrected chi connectivity index (χ3v) is 5.81. The summed E-state index contributed by atoms with van der Waals surface area (Å²) in [5.41, 5.74) is 11.1. The van der Waals surface area contributed by atoms with Crippen LogP contribution in [0, 0.1) is 12.3 Å². The highest BCUT2D eigenvalue weighted by Gasteiger charge is 2.59. The van der Waals surface area contributed by atoms with E-state index in [0.717, 1.165) is 9.88 Å². The van der Waals surface area contributed by atoms with Crippen LogP contribution >= 0.6 is 11.3 Å². The van der Waals surface area contributed by atoms with Crippen LogP contribution in [0.5, 0.6) is 5.75 Å². The fourth-order valence-electron chi connectivity index (χ4n) is 3.05. The average molecular weight is 417 g/mol. The number of aliphatic hydroxyl groups is 1. The van der Waals surface area contributed by atoms with E-state index in [-0.39, 0.29) is 12.1 Å². The van der Waals surface area contributed by atoms with Crippen molar-refractivity contribution >= 4 is 34.6 Å². The highest BCUT2D eigenvalue weighted by atomic mass is 32.1. The Morgan fingerprint density at radius 1 is 1.48 bits per heavy atom. The van der Waals surface area contributed by atoms with Crippen molar-refractivity contribution in [3.8, 4) is 5.75 Å². The number of aliphatic hydroxyl groups excluding tert-OH is 1. The molecule has 2 atom stereocenters. The summed E-state index contributed by atoms with van der Waals surface area (Å²) in [6, 6.07) is 4.46. The molecule has 0 saturated heterocycles. The maximum absolute atomic E-state index is 12.7. The van der Waals surface area contributed by atoms with Crippen LogP contribution in [0.25, 0.3) is 0 Å². The molecule has 1 fully saturated rings. The van der Waals surface area contributed by atoms with Gasteiger partial charge in [-0.1, -0.05) is 0 Å². The molecule has 1 saturated carbocycles. The van der Waals surface area contributed by atoms with Crippen molar-refractivity contribution in [3.63, 3.8) is 0 Å². The van der Waals surface area contributed by atoms with Gasteiger partial charge in [-0.25, -0.2) is 4.98 Å². The quantitative estimate of drug-likeness (QED) is 0.360. The predicted molar refractivity (Wildman–Crippen MR) is 110 cm³/mol. The van der Waals surface area contributed by atoms with Gasteiger partial charge in [0.15, 0.2) is 0 Å². The molecule has 1 aromatic heterocycles. The first-order valence-electron chi connectivity index (χ1n) is 8.93. The van der Waals surface area contributed by atoms with E-state index in [1.807, 2.05) is 6.92 Å². The standard InChI is InChI=1S/C19H23N5O4S/c1-10-23-7-12(29-10)8-28-11-3-4-14(20)13(5-11)16(22-2)17(26)24-15-6-19(15,9-25)18(21)27/h3-5,7,15,25H,6,8-9,20H2,1-2H3,(H2,21,27)(H,24,26).